The summed E-state index contributed by atoms with van der Waals surface area (Å²) in [4.78, 5) is 19.7. The molecule has 0 unspecified atom stereocenters. The molecule has 0 bridgehead atoms. The van der Waals surface area contributed by atoms with Crippen LogP contribution in [0.2, 0.25) is 0 Å². The van der Waals surface area contributed by atoms with Gasteiger partial charge in [-0.3, -0.25) is 10.1 Å². The topological polar surface area (TPSA) is 57.8 Å². The van der Waals surface area contributed by atoms with Crippen LogP contribution in [0.4, 0.5) is 5.13 Å². The van der Waals surface area contributed by atoms with Crippen LogP contribution in [0.15, 0.2) is 58.7 Å². The standard InChI is InChI=1S/C18H13N3OS2/c22-17(6-5-12-7-8-23-10-12)21-18-20-16(11-24-18)14-9-19-15-4-2-1-3-13(14)15/h1-11,19H,(H,20,21,22)/b6-5+. The molecular weight excluding hydrogens is 338 g/mol. The second-order valence-electron chi connectivity index (χ2n) is 5.17. The van der Waals surface area contributed by atoms with Gasteiger partial charge >= 0.3 is 0 Å². The summed E-state index contributed by atoms with van der Waals surface area (Å²) < 4.78 is 0. The number of aromatic amines is 1. The lowest BCUT2D eigenvalue weighted by atomic mass is 10.1. The summed E-state index contributed by atoms with van der Waals surface area (Å²) in [6, 6.07) is 10.1. The Labute approximate surface area is 146 Å². The predicted molar refractivity (Wildman–Crippen MR) is 101 cm³/mol. The summed E-state index contributed by atoms with van der Waals surface area (Å²) in [5, 5.41) is 10.4. The summed E-state index contributed by atoms with van der Waals surface area (Å²) >= 11 is 3.02. The van der Waals surface area contributed by atoms with E-state index in [0.29, 0.717) is 5.13 Å². The van der Waals surface area contributed by atoms with E-state index in [1.54, 1.807) is 17.4 Å². The van der Waals surface area contributed by atoms with E-state index >= 15 is 0 Å². The van der Waals surface area contributed by atoms with E-state index in [4.69, 9.17) is 0 Å². The number of anilines is 1. The van der Waals surface area contributed by atoms with Crippen molar-refractivity contribution in [3.05, 3.63) is 64.3 Å². The molecular formula is C18H13N3OS2. The zero-order chi connectivity index (χ0) is 16.4. The minimum atomic E-state index is -0.180. The molecule has 2 N–H and O–H groups in total. The van der Waals surface area contributed by atoms with E-state index < -0.39 is 0 Å². The van der Waals surface area contributed by atoms with Crippen LogP contribution >= 0.6 is 22.7 Å². The monoisotopic (exact) mass is 351 g/mol. The Balaban J connectivity index is 1.51. The highest BCUT2D eigenvalue weighted by molar-refractivity contribution is 7.14. The van der Waals surface area contributed by atoms with E-state index in [2.05, 4.69) is 21.4 Å². The third-order valence-corrected chi connectivity index (χ3v) is 5.03. The average Bonchev–Trinajstić information content (AvgIpc) is 3.33. The molecule has 4 aromatic rings. The molecule has 24 heavy (non-hydrogen) atoms. The molecule has 0 aliphatic carbocycles. The van der Waals surface area contributed by atoms with Crippen LogP contribution in [-0.2, 0) is 4.79 Å². The number of rotatable bonds is 4. The molecule has 4 rings (SSSR count). The van der Waals surface area contributed by atoms with Crippen molar-refractivity contribution >= 4 is 50.7 Å². The van der Waals surface area contributed by atoms with Crippen molar-refractivity contribution in [1.82, 2.24) is 9.97 Å². The number of H-pyrrole nitrogens is 1. The van der Waals surface area contributed by atoms with Crippen molar-refractivity contribution in [3.63, 3.8) is 0 Å². The van der Waals surface area contributed by atoms with Crippen molar-refractivity contribution in [2.24, 2.45) is 0 Å². The summed E-state index contributed by atoms with van der Waals surface area (Å²) in [6.07, 6.45) is 5.26. The molecule has 0 aliphatic rings. The Kier molecular flexibility index (Phi) is 3.98. The summed E-state index contributed by atoms with van der Waals surface area (Å²) in [5.74, 6) is -0.180. The van der Waals surface area contributed by atoms with Gasteiger partial charge in [-0.05, 0) is 34.5 Å². The maximum Gasteiger partial charge on any atom is 0.250 e. The fraction of sp³-hybridized carbons (Fsp3) is 0. The highest BCUT2D eigenvalue weighted by atomic mass is 32.1. The van der Waals surface area contributed by atoms with Crippen molar-refractivity contribution in [2.75, 3.05) is 5.32 Å². The van der Waals surface area contributed by atoms with Crippen molar-refractivity contribution in [3.8, 4) is 11.3 Å². The van der Waals surface area contributed by atoms with Crippen LogP contribution in [0.5, 0.6) is 0 Å². The molecule has 0 saturated carbocycles. The van der Waals surface area contributed by atoms with Crippen LogP contribution in [0.1, 0.15) is 5.56 Å². The number of aromatic nitrogens is 2. The van der Waals surface area contributed by atoms with Crippen LogP contribution < -0.4 is 5.32 Å². The van der Waals surface area contributed by atoms with E-state index in [1.165, 1.54) is 17.4 Å². The summed E-state index contributed by atoms with van der Waals surface area (Å²) in [7, 11) is 0. The molecule has 6 heteroatoms. The molecule has 1 aromatic carbocycles. The van der Waals surface area contributed by atoms with Gasteiger partial charge in [0.15, 0.2) is 5.13 Å². The van der Waals surface area contributed by atoms with Crippen molar-refractivity contribution < 1.29 is 4.79 Å². The van der Waals surface area contributed by atoms with E-state index in [0.717, 1.165) is 27.7 Å². The van der Waals surface area contributed by atoms with Gasteiger partial charge in [0.1, 0.15) is 0 Å². The largest absolute Gasteiger partial charge is 0.360 e. The van der Waals surface area contributed by atoms with Crippen LogP contribution in [0, 0.1) is 0 Å². The molecule has 0 radical (unpaired) electrons. The second kappa shape index (κ2) is 6.43. The van der Waals surface area contributed by atoms with E-state index in [1.807, 2.05) is 46.6 Å². The molecule has 0 spiro atoms. The summed E-state index contributed by atoms with van der Waals surface area (Å²) in [5.41, 5.74) is 3.99. The van der Waals surface area contributed by atoms with Gasteiger partial charge < -0.3 is 4.98 Å². The van der Waals surface area contributed by atoms with Gasteiger partial charge in [-0.25, -0.2) is 4.98 Å². The number of thiazole rings is 1. The first-order valence-corrected chi connectivity index (χ1v) is 9.15. The van der Waals surface area contributed by atoms with Gasteiger partial charge in [0.25, 0.3) is 0 Å². The SMILES string of the molecule is O=C(/C=C/c1ccsc1)Nc1nc(-c2c[nH]c3ccccc23)cs1. The third-order valence-electron chi connectivity index (χ3n) is 3.57. The number of thiophene rings is 1. The summed E-state index contributed by atoms with van der Waals surface area (Å²) in [6.45, 7) is 0. The minimum absolute atomic E-state index is 0.180. The number of para-hydroxylation sites is 1. The molecule has 0 fully saturated rings. The van der Waals surface area contributed by atoms with Crippen LogP contribution in [0.3, 0.4) is 0 Å². The van der Waals surface area contributed by atoms with Gasteiger partial charge in [-0.2, -0.15) is 11.3 Å². The van der Waals surface area contributed by atoms with Gasteiger partial charge in [0.2, 0.25) is 5.91 Å². The molecule has 1 amide bonds. The number of fused-ring (bicyclic) bond motifs is 1. The third kappa shape index (κ3) is 3.02. The lowest BCUT2D eigenvalue weighted by molar-refractivity contribution is -0.111. The number of hydrogen-bond donors (Lipinski definition) is 2. The first-order valence-electron chi connectivity index (χ1n) is 7.33. The Morgan fingerprint density at radius 1 is 1.21 bits per heavy atom. The van der Waals surface area contributed by atoms with Crippen molar-refractivity contribution in [1.29, 1.82) is 0 Å². The van der Waals surface area contributed by atoms with Gasteiger partial charge in [-0.15, -0.1) is 11.3 Å². The van der Waals surface area contributed by atoms with Crippen molar-refractivity contribution in [2.45, 2.75) is 0 Å². The van der Waals surface area contributed by atoms with Crippen LogP contribution in [0.25, 0.3) is 28.2 Å². The Morgan fingerprint density at radius 3 is 3.00 bits per heavy atom. The molecule has 3 heterocycles. The molecule has 118 valence electrons. The fourth-order valence-electron chi connectivity index (χ4n) is 2.43. The Morgan fingerprint density at radius 2 is 2.12 bits per heavy atom. The van der Waals surface area contributed by atoms with E-state index in [9.17, 15) is 4.79 Å². The second-order valence-corrected chi connectivity index (χ2v) is 6.80. The maximum atomic E-state index is 12.0. The van der Waals surface area contributed by atoms with E-state index in [-0.39, 0.29) is 5.91 Å². The highest BCUT2D eigenvalue weighted by Gasteiger charge is 2.10. The lowest BCUT2D eigenvalue weighted by Crippen LogP contribution is -2.07. The number of benzene rings is 1. The number of nitrogens with zero attached hydrogens (tertiary/aromatic N) is 1. The Hall–Kier alpha value is -2.70. The normalized spacial score (nSPS) is 11.3. The first-order chi connectivity index (χ1) is 11.8. The molecule has 3 aromatic heterocycles. The smallest absolute Gasteiger partial charge is 0.250 e. The van der Waals surface area contributed by atoms with Gasteiger partial charge in [-0.1, -0.05) is 18.2 Å². The molecule has 0 saturated heterocycles. The lowest BCUT2D eigenvalue weighted by Gasteiger charge is -1.96. The number of carbonyl (C=O) groups is 1. The molecule has 4 nitrogen and oxygen atoms in total. The zero-order valence-electron chi connectivity index (χ0n) is 12.5. The number of carbonyl (C=O) groups excluding carboxylic acids is 1. The predicted octanol–water partition coefficient (Wildman–Crippen LogP) is 5.00. The average molecular weight is 351 g/mol. The van der Waals surface area contributed by atoms with Crippen LogP contribution in [-0.4, -0.2) is 15.9 Å². The minimum Gasteiger partial charge on any atom is -0.360 e. The molecule has 0 aliphatic heterocycles. The number of amides is 1. The number of hydrogen-bond acceptors (Lipinski definition) is 4. The highest BCUT2D eigenvalue weighted by Crippen LogP contribution is 2.30. The quantitative estimate of drug-likeness (QED) is 0.508. The fourth-order valence-corrected chi connectivity index (χ4v) is 3.77. The Bertz CT molecular complexity index is 1010. The first kappa shape index (κ1) is 14.9. The maximum absolute atomic E-state index is 12.0. The zero-order valence-corrected chi connectivity index (χ0v) is 14.2. The van der Waals surface area contributed by atoms with Gasteiger partial charge in [0, 0.05) is 34.1 Å². The number of nitrogens with one attached hydrogen (secondary N) is 2. The van der Waals surface area contributed by atoms with Gasteiger partial charge in [0.05, 0.1) is 5.69 Å². The molecule has 0 atom stereocenters.